The SMILES string of the molecule is CCc1cccn1NS(=O)(=O)C1CCCC=C1C(=O)O. The molecule has 1 unspecified atom stereocenters. The van der Waals surface area contributed by atoms with E-state index >= 15 is 0 Å². The highest BCUT2D eigenvalue weighted by Gasteiger charge is 2.34. The van der Waals surface area contributed by atoms with Crippen molar-refractivity contribution in [2.75, 3.05) is 4.83 Å². The van der Waals surface area contributed by atoms with Gasteiger partial charge in [-0.05, 0) is 37.8 Å². The summed E-state index contributed by atoms with van der Waals surface area (Å²) in [6, 6.07) is 3.56. The Morgan fingerprint density at radius 2 is 2.30 bits per heavy atom. The summed E-state index contributed by atoms with van der Waals surface area (Å²) in [5.74, 6) is -1.16. The molecule has 0 aliphatic heterocycles. The zero-order valence-corrected chi connectivity index (χ0v) is 12.1. The summed E-state index contributed by atoms with van der Waals surface area (Å²) in [4.78, 5) is 13.6. The molecule has 1 aliphatic rings. The number of aromatic nitrogens is 1. The molecule has 1 aliphatic carbocycles. The van der Waals surface area contributed by atoms with Crippen LogP contribution in [0.5, 0.6) is 0 Å². The average Bonchev–Trinajstić information content (AvgIpc) is 2.85. The second-order valence-electron chi connectivity index (χ2n) is 4.74. The van der Waals surface area contributed by atoms with Crippen molar-refractivity contribution in [2.24, 2.45) is 0 Å². The van der Waals surface area contributed by atoms with E-state index in [0.717, 1.165) is 5.69 Å². The summed E-state index contributed by atoms with van der Waals surface area (Å²) < 4.78 is 26.2. The second kappa shape index (κ2) is 5.70. The average molecular weight is 298 g/mol. The van der Waals surface area contributed by atoms with E-state index in [1.807, 2.05) is 13.0 Å². The van der Waals surface area contributed by atoms with Gasteiger partial charge >= 0.3 is 5.97 Å². The van der Waals surface area contributed by atoms with Crippen LogP contribution < -0.4 is 4.83 Å². The lowest BCUT2D eigenvalue weighted by molar-refractivity contribution is -0.132. The van der Waals surface area contributed by atoms with Crippen LogP contribution in [0.1, 0.15) is 31.9 Å². The number of nitrogens with zero attached hydrogens (tertiary/aromatic N) is 1. The molecule has 1 aromatic heterocycles. The number of hydrogen-bond donors (Lipinski definition) is 2. The molecule has 0 fully saturated rings. The van der Waals surface area contributed by atoms with Crippen molar-refractivity contribution in [1.29, 1.82) is 0 Å². The Bertz CT molecular complexity index is 631. The van der Waals surface area contributed by atoms with Crippen LogP contribution in [0, 0.1) is 0 Å². The van der Waals surface area contributed by atoms with E-state index in [2.05, 4.69) is 4.83 Å². The highest BCUT2D eigenvalue weighted by atomic mass is 32.2. The Morgan fingerprint density at radius 1 is 1.55 bits per heavy atom. The van der Waals surface area contributed by atoms with E-state index in [9.17, 15) is 13.2 Å². The first kappa shape index (κ1) is 14.6. The number of aryl methyl sites for hydroxylation is 1. The lowest BCUT2D eigenvalue weighted by atomic mass is 9.99. The first-order chi connectivity index (χ1) is 9.45. The van der Waals surface area contributed by atoms with Crippen LogP contribution in [0.2, 0.25) is 0 Å². The number of carboxylic acids is 1. The van der Waals surface area contributed by atoms with E-state index < -0.39 is 21.2 Å². The molecular formula is C13H18N2O4S. The first-order valence-electron chi connectivity index (χ1n) is 6.57. The summed E-state index contributed by atoms with van der Waals surface area (Å²) >= 11 is 0. The number of carbonyl (C=O) groups is 1. The predicted octanol–water partition coefficient (Wildman–Crippen LogP) is 1.49. The van der Waals surface area contributed by atoms with Crippen LogP contribution >= 0.6 is 0 Å². The molecule has 110 valence electrons. The van der Waals surface area contributed by atoms with Gasteiger partial charge in [-0.2, -0.15) is 0 Å². The maximum absolute atomic E-state index is 12.4. The van der Waals surface area contributed by atoms with Gasteiger partial charge in [-0.25, -0.2) is 18.0 Å². The molecule has 6 nitrogen and oxygen atoms in total. The Balaban J connectivity index is 2.28. The number of hydrogen-bond acceptors (Lipinski definition) is 3. The number of aliphatic carboxylic acids is 1. The Kier molecular flexibility index (Phi) is 4.17. The molecule has 0 bridgehead atoms. The third kappa shape index (κ3) is 2.87. The molecular weight excluding hydrogens is 280 g/mol. The van der Waals surface area contributed by atoms with Gasteiger partial charge in [0.05, 0.1) is 5.57 Å². The van der Waals surface area contributed by atoms with Crippen molar-refractivity contribution in [3.05, 3.63) is 35.7 Å². The van der Waals surface area contributed by atoms with Gasteiger partial charge in [0.1, 0.15) is 5.25 Å². The molecule has 7 heteroatoms. The minimum atomic E-state index is -3.77. The summed E-state index contributed by atoms with van der Waals surface area (Å²) in [7, 11) is -3.77. The largest absolute Gasteiger partial charge is 0.478 e. The van der Waals surface area contributed by atoms with E-state index in [0.29, 0.717) is 25.7 Å². The molecule has 2 N–H and O–H groups in total. The van der Waals surface area contributed by atoms with Gasteiger partial charge < -0.3 is 5.11 Å². The van der Waals surface area contributed by atoms with Gasteiger partial charge in [-0.1, -0.05) is 13.0 Å². The molecule has 0 saturated heterocycles. The third-order valence-electron chi connectivity index (χ3n) is 3.42. The fourth-order valence-corrected chi connectivity index (χ4v) is 3.98. The monoisotopic (exact) mass is 298 g/mol. The number of rotatable bonds is 5. The lowest BCUT2D eigenvalue weighted by Crippen LogP contribution is -2.37. The van der Waals surface area contributed by atoms with Gasteiger partial charge in [-0.15, -0.1) is 0 Å². The molecule has 0 saturated carbocycles. The number of nitrogens with one attached hydrogen (secondary N) is 1. The minimum absolute atomic E-state index is 0.0334. The zero-order chi connectivity index (χ0) is 14.8. The number of carboxylic acid groups (broad SMARTS) is 1. The Labute approximate surface area is 118 Å². The van der Waals surface area contributed by atoms with Crippen LogP contribution in [0.25, 0.3) is 0 Å². The molecule has 2 rings (SSSR count). The van der Waals surface area contributed by atoms with Crippen molar-refractivity contribution in [2.45, 2.75) is 37.9 Å². The van der Waals surface area contributed by atoms with Crippen molar-refractivity contribution in [3.63, 3.8) is 0 Å². The molecule has 1 atom stereocenters. The number of allylic oxidation sites excluding steroid dienone is 1. The maximum atomic E-state index is 12.4. The minimum Gasteiger partial charge on any atom is -0.478 e. The van der Waals surface area contributed by atoms with Gasteiger partial charge in [0.15, 0.2) is 0 Å². The van der Waals surface area contributed by atoms with Crippen molar-refractivity contribution >= 4 is 16.0 Å². The fourth-order valence-electron chi connectivity index (χ4n) is 2.39. The summed E-state index contributed by atoms with van der Waals surface area (Å²) in [5, 5.41) is 8.13. The fraction of sp³-hybridized carbons (Fsp3) is 0.462. The first-order valence-corrected chi connectivity index (χ1v) is 8.11. The highest BCUT2D eigenvalue weighted by molar-refractivity contribution is 7.93. The molecule has 1 heterocycles. The van der Waals surface area contributed by atoms with Gasteiger partial charge in [0.2, 0.25) is 0 Å². The highest BCUT2D eigenvalue weighted by Crippen LogP contribution is 2.25. The van der Waals surface area contributed by atoms with Crippen LogP contribution in [0.3, 0.4) is 0 Å². The van der Waals surface area contributed by atoms with Gasteiger partial charge in [0.25, 0.3) is 10.0 Å². The summed E-state index contributed by atoms with van der Waals surface area (Å²) in [5.41, 5.74) is 0.791. The molecule has 0 radical (unpaired) electrons. The molecule has 1 aromatic rings. The lowest BCUT2D eigenvalue weighted by Gasteiger charge is -2.23. The molecule has 0 aromatic carbocycles. The number of sulfonamides is 1. The summed E-state index contributed by atoms with van der Waals surface area (Å²) in [6.07, 6.45) is 5.42. The standard InChI is InChI=1S/C13H18N2O4S/c1-2-10-6-5-9-15(10)14-20(18,19)12-8-4-3-7-11(12)13(16)17/h5-7,9,12,14H,2-4,8H2,1H3,(H,16,17). The molecule has 20 heavy (non-hydrogen) atoms. The van der Waals surface area contributed by atoms with Gasteiger partial charge in [0, 0.05) is 11.9 Å². The quantitative estimate of drug-likeness (QED) is 0.862. The topological polar surface area (TPSA) is 88.4 Å². The Morgan fingerprint density at radius 3 is 2.95 bits per heavy atom. The third-order valence-corrected chi connectivity index (χ3v) is 5.11. The van der Waals surface area contributed by atoms with E-state index in [1.165, 1.54) is 10.8 Å². The molecule has 0 amide bonds. The maximum Gasteiger partial charge on any atom is 0.332 e. The smallest absolute Gasteiger partial charge is 0.332 e. The normalized spacial score (nSPS) is 19.4. The van der Waals surface area contributed by atoms with Crippen LogP contribution in [0.4, 0.5) is 0 Å². The Hall–Kier alpha value is -1.76. The molecule has 0 spiro atoms. The van der Waals surface area contributed by atoms with E-state index in [-0.39, 0.29) is 5.57 Å². The van der Waals surface area contributed by atoms with E-state index in [1.54, 1.807) is 12.3 Å². The second-order valence-corrected chi connectivity index (χ2v) is 6.59. The zero-order valence-electron chi connectivity index (χ0n) is 11.2. The van der Waals surface area contributed by atoms with E-state index in [4.69, 9.17) is 5.11 Å². The van der Waals surface area contributed by atoms with Crippen molar-refractivity contribution in [3.8, 4) is 0 Å². The van der Waals surface area contributed by atoms with Crippen molar-refractivity contribution < 1.29 is 18.3 Å². The van der Waals surface area contributed by atoms with Crippen LogP contribution in [-0.4, -0.2) is 29.4 Å². The van der Waals surface area contributed by atoms with Gasteiger partial charge in [-0.3, -0.25) is 4.68 Å². The van der Waals surface area contributed by atoms with Crippen LogP contribution in [0.15, 0.2) is 30.0 Å². The van der Waals surface area contributed by atoms with Crippen molar-refractivity contribution in [1.82, 2.24) is 4.68 Å². The predicted molar refractivity (Wildman–Crippen MR) is 75.4 cm³/mol. The summed E-state index contributed by atoms with van der Waals surface area (Å²) in [6.45, 7) is 1.92. The van der Waals surface area contributed by atoms with Crippen LogP contribution in [-0.2, 0) is 21.2 Å².